The van der Waals surface area contributed by atoms with Crippen LogP contribution in [0.3, 0.4) is 0 Å². The number of rotatable bonds is 6. The van der Waals surface area contributed by atoms with Crippen LogP contribution in [0.1, 0.15) is 11.3 Å². The Bertz CT molecular complexity index is 1160. The van der Waals surface area contributed by atoms with Gasteiger partial charge in [0.15, 0.2) is 22.7 Å². The van der Waals surface area contributed by atoms with Gasteiger partial charge < -0.3 is 14.8 Å². The van der Waals surface area contributed by atoms with Gasteiger partial charge in [-0.2, -0.15) is 10.2 Å². The van der Waals surface area contributed by atoms with Crippen molar-refractivity contribution in [3.63, 3.8) is 0 Å². The van der Waals surface area contributed by atoms with E-state index in [1.54, 1.807) is 16.0 Å². The number of hydrogen-bond acceptors (Lipinski definition) is 7. The Kier molecular flexibility index (Phi) is 4.88. The Morgan fingerprint density at radius 1 is 1.23 bits per heavy atom. The molecule has 0 fully saturated rings. The first-order chi connectivity index (χ1) is 14.6. The predicted molar refractivity (Wildman–Crippen MR) is 115 cm³/mol. The second kappa shape index (κ2) is 7.83. The van der Waals surface area contributed by atoms with E-state index in [2.05, 4.69) is 15.4 Å². The van der Waals surface area contributed by atoms with Crippen LogP contribution in [0.5, 0.6) is 11.5 Å². The quantitative estimate of drug-likeness (QED) is 0.512. The molecule has 5 rings (SSSR count). The Labute approximate surface area is 178 Å². The number of thiazole rings is 1. The summed E-state index contributed by atoms with van der Waals surface area (Å²) in [5.41, 5.74) is 2.99. The van der Waals surface area contributed by atoms with E-state index in [0.29, 0.717) is 19.7 Å². The number of para-hydroxylation sites is 2. The SMILES string of the molecule is Cc1nc(NCc2cnn(C)c2)sc1-c1ccn(CC2COc3ccccc3O2)n1. The first-order valence-corrected chi connectivity index (χ1v) is 10.6. The Morgan fingerprint density at radius 2 is 2.10 bits per heavy atom. The van der Waals surface area contributed by atoms with Crippen LogP contribution in [0, 0.1) is 6.92 Å². The molecule has 9 heteroatoms. The fraction of sp³-hybridized carbons (Fsp3) is 0.286. The minimum absolute atomic E-state index is 0.0769. The maximum absolute atomic E-state index is 6.04. The van der Waals surface area contributed by atoms with Crippen LogP contribution in [0.25, 0.3) is 10.6 Å². The van der Waals surface area contributed by atoms with Crippen molar-refractivity contribution < 1.29 is 9.47 Å². The van der Waals surface area contributed by atoms with Gasteiger partial charge in [0.1, 0.15) is 12.3 Å². The lowest BCUT2D eigenvalue weighted by Gasteiger charge is -2.26. The minimum atomic E-state index is -0.0769. The molecular formula is C21H22N6O2S. The number of aryl methyl sites for hydroxylation is 2. The highest BCUT2D eigenvalue weighted by Crippen LogP contribution is 2.33. The molecular weight excluding hydrogens is 400 g/mol. The number of aromatic nitrogens is 5. The van der Waals surface area contributed by atoms with Crippen LogP contribution in [0.15, 0.2) is 48.9 Å². The lowest BCUT2D eigenvalue weighted by molar-refractivity contribution is 0.0759. The summed E-state index contributed by atoms with van der Waals surface area (Å²) in [5.74, 6) is 1.57. The summed E-state index contributed by atoms with van der Waals surface area (Å²) in [7, 11) is 1.91. The summed E-state index contributed by atoms with van der Waals surface area (Å²) in [6, 6.07) is 9.76. The third-order valence-electron chi connectivity index (χ3n) is 4.83. The molecule has 0 radical (unpaired) electrons. The van der Waals surface area contributed by atoms with E-state index in [-0.39, 0.29) is 6.10 Å². The Hall–Kier alpha value is -3.33. The second-order valence-corrected chi connectivity index (χ2v) is 8.23. The molecule has 0 saturated carbocycles. The smallest absolute Gasteiger partial charge is 0.183 e. The number of anilines is 1. The molecule has 1 atom stereocenters. The maximum Gasteiger partial charge on any atom is 0.183 e. The average molecular weight is 423 g/mol. The fourth-order valence-corrected chi connectivity index (χ4v) is 4.32. The molecule has 1 aliphatic heterocycles. The van der Waals surface area contributed by atoms with E-state index in [1.165, 1.54) is 0 Å². The monoisotopic (exact) mass is 422 g/mol. The van der Waals surface area contributed by atoms with Crippen molar-refractivity contribution in [3.8, 4) is 22.1 Å². The number of ether oxygens (including phenoxy) is 2. The molecule has 0 bridgehead atoms. The van der Waals surface area contributed by atoms with Gasteiger partial charge >= 0.3 is 0 Å². The molecule has 1 N–H and O–H groups in total. The number of fused-ring (bicyclic) bond motifs is 1. The van der Waals surface area contributed by atoms with Crippen LogP contribution in [-0.2, 0) is 20.1 Å². The van der Waals surface area contributed by atoms with Gasteiger partial charge in [-0.3, -0.25) is 9.36 Å². The largest absolute Gasteiger partial charge is 0.486 e. The van der Waals surface area contributed by atoms with E-state index >= 15 is 0 Å². The molecule has 0 spiro atoms. The van der Waals surface area contributed by atoms with E-state index < -0.39 is 0 Å². The summed E-state index contributed by atoms with van der Waals surface area (Å²) >= 11 is 1.61. The van der Waals surface area contributed by atoms with Crippen molar-refractivity contribution >= 4 is 16.5 Å². The molecule has 1 aliphatic rings. The average Bonchev–Trinajstić information content (AvgIpc) is 3.46. The van der Waals surface area contributed by atoms with Crippen molar-refractivity contribution in [1.82, 2.24) is 24.5 Å². The van der Waals surface area contributed by atoms with Gasteiger partial charge in [0.25, 0.3) is 0 Å². The standard InChI is InChI=1S/C21H22N6O2S/c1-14-20(30-21(24-14)22-9-15-10-23-26(2)11-15)17-7-8-27(25-17)12-16-13-28-18-5-3-4-6-19(18)29-16/h3-8,10-11,16H,9,12-13H2,1-2H3,(H,22,24). The number of benzene rings is 1. The third kappa shape index (κ3) is 3.88. The molecule has 30 heavy (non-hydrogen) atoms. The molecule has 3 aromatic heterocycles. The maximum atomic E-state index is 6.04. The highest BCUT2D eigenvalue weighted by atomic mass is 32.1. The van der Waals surface area contributed by atoms with E-state index in [4.69, 9.17) is 14.6 Å². The summed E-state index contributed by atoms with van der Waals surface area (Å²) in [5, 5.41) is 13.2. The second-order valence-electron chi connectivity index (χ2n) is 7.23. The number of nitrogens with zero attached hydrogens (tertiary/aromatic N) is 5. The first kappa shape index (κ1) is 18.7. The van der Waals surface area contributed by atoms with Crippen LogP contribution in [-0.4, -0.2) is 37.3 Å². The Morgan fingerprint density at radius 3 is 2.93 bits per heavy atom. The number of nitrogens with one attached hydrogen (secondary N) is 1. The molecule has 0 saturated heterocycles. The van der Waals surface area contributed by atoms with Crippen molar-refractivity contribution in [2.24, 2.45) is 7.05 Å². The van der Waals surface area contributed by atoms with Gasteiger partial charge in [0.05, 0.1) is 23.3 Å². The molecule has 0 aliphatic carbocycles. The van der Waals surface area contributed by atoms with Gasteiger partial charge in [-0.15, -0.1) is 0 Å². The molecule has 0 amide bonds. The first-order valence-electron chi connectivity index (χ1n) is 9.75. The van der Waals surface area contributed by atoms with E-state index in [9.17, 15) is 0 Å². The Balaban J connectivity index is 1.25. The lowest BCUT2D eigenvalue weighted by atomic mass is 10.2. The van der Waals surface area contributed by atoms with Crippen molar-refractivity contribution in [2.75, 3.05) is 11.9 Å². The van der Waals surface area contributed by atoms with E-state index in [1.807, 2.05) is 67.6 Å². The molecule has 8 nitrogen and oxygen atoms in total. The van der Waals surface area contributed by atoms with Gasteiger partial charge in [-0.05, 0) is 25.1 Å². The summed E-state index contributed by atoms with van der Waals surface area (Å²) in [4.78, 5) is 5.71. The van der Waals surface area contributed by atoms with Crippen LogP contribution in [0.2, 0.25) is 0 Å². The zero-order valence-corrected chi connectivity index (χ0v) is 17.6. The normalized spacial score (nSPS) is 15.3. The summed E-state index contributed by atoms with van der Waals surface area (Å²) in [6.45, 7) is 3.83. The zero-order chi connectivity index (χ0) is 20.5. The van der Waals surface area contributed by atoms with Crippen LogP contribution in [0.4, 0.5) is 5.13 Å². The fourth-order valence-electron chi connectivity index (χ4n) is 3.40. The van der Waals surface area contributed by atoms with Gasteiger partial charge in [0.2, 0.25) is 0 Å². The number of hydrogen-bond donors (Lipinski definition) is 1. The minimum Gasteiger partial charge on any atom is -0.486 e. The molecule has 4 aromatic rings. The highest BCUT2D eigenvalue weighted by molar-refractivity contribution is 7.19. The van der Waals surface area contributed by atoms with Crippen LogP contribution >= 0.6 is 11.3 Å². The summed E-state index contributed by atoms with van der Waals surface area (Å²) < 4.78 is 15.5. The molecule has 1 aromatic carbocycles. The van der Waals surface area contributed by atoms with Crippen molar-refractivity contribution in [2.45, 2.75) is 26.1 Å². The van der Waals surface area contributed by atoms with Crippen LogP contribution < -0.4 is 14.8 Å². The van der Waals surface area contributed by atoms with Gasteiger partial charge in [0, 0.05) is 31.5 Å². The molecule has 154 valence electrons. The molecule has 1 unspecified atom stereocenters. The van der Waals surface area contributed by atoms with E-state index in [0.717, 1.165) is 38.5 Å². The van der Waals surface area contributed by atoms with Crippen molar-refractivity contribution in [3.05, 3.63) is 60.2 Å². The lowest BCUT2D eigenvalue weighted by Crippen LogP contribution is -2.33. The van der Waals surface area contributed by atoms with Gasteiger partial charge in [-0.25, -0.2) is 4.98 Å². The van der Waals surface area contributed by atoms with Gasteiger partial charge in [-0.1, -0.05) is 23.5 Å². The highest BCUT2D eigenvalue weighted by Gasteiger charge is 2.22. The topological polar surface area (TPSA) is 79.0 Å². The van der Waals surface area contributed by atoms with Crippen molar-refractivity contribution in [1.29, 1.82) is 0 Å². The molecule has 4 heterocycles. The zero-order valence-electron chi connectivity index (χ0n) is 16.8. The summed E-state index contributed by atoms with van der Waals surface area (Å²) in [6.07, 6.45) is 5.74. The predicted octanol–water partition coefficient (Wildman–Crippen LogP) is 3.50. The third-order valence-corrected chi connectivity index (χ3v) is 5.97.